The van der Waals surface area contributed by atoms with E-state index in [9.17, 15) is 9.90 Å². The summed E-state index contributed by atoms with van der Waals surface area (Å²) in [5, 5.41) is 9.75. The number of quaternary nitrogens is 1. The third kappa shape index (κ3) is 3.63. The van der Waals surface area contributed by atoms with Gasteiger partial charge in [-0.1, -0.05) is 36.4 Å². The molecule has 1 fully saturated rings. The van der Waals surface area contributed by atoms with E-state index in [0.717, 1.165) is 19.5 Å². The van der Waals surface area contributed by atoms with Crippen LogP contribution in [0, 0.1) is 11.8 Å². The molecule has 112 valence electrons. The van der Waals surface area contributed by atoms with Crippen LogP contribution in [-0.2, 0) is 0 Å². The van der Waals surface area contributed by atoms with Gasteiger partial charge in [-0.2, -0.15) is 0 Å². The molecule has 1 aromatic carbocycles. The van der Waals surface area contributed by atoms with Crippen molar-refractivity contribution in [3.63, 3.8) is 0 Å². The summed E-state index contributed by atoms with van der Waals surface area (Å²) >= 11 is 0. The number of nitrogens with one attached hydrogen (secondary N) is 1. The number of phenols is 1. The van der Waals surface area contributed by atoms with Gasteiger partial charge in [0.25, 0.3) is 0 Å². The first-order valence-electron chi connectivity index (χ1n) is 7.24. The maximum atomic E-state index is 12.3. The minimum Gasteiger partial charge on any atom is -1.00 e. The summed E-state index contributed by atoms with van der Waals surface area (Å²) in [5.41, 5.74) is 0.446. The van der Waals surface area contributed by atoms with Gasteiger partial charge in [0.15, 0.2) is 0 Å². The zero-order valence-corrected chi connectivity index (χ0v) is 13.4. The lowest BCUT2D eigenvalue weighted by molar-refractivity contribution is -0.900. The molecular formula is C17H20BrNO2. The molecule has 21 heavy (non-hydrogen) atoms. The molecule has 1 saturated heterocycles. The molecule has 0 radical (unpaired) electrons. The minimum absolute atomic E-state index is 0. The van der Waals surface area contributed by atoms with Crippen LogP contribution >= 0.6 is 0 Å². The van der Waals surface area contributed by atoms with Crippen molar-refractivity contribution in [3.05, 3.63) is 54.1 Å². The van der Waals surface area contributed by atoms with Gasteiger partial charge >= 0.3 is 0 Å². The van der Waals surface area contributed by atoms with E-state index >= 15 is 0 Å². The average Bonchev–Trinajstić information content (AvgIpc) is 2.47. The van der Waals surface area contributed by atoms with Gasteiger partial charge in [0.05, 0.1) is 18.7 Å². The number of allylic oxidation sites excluding steroid dienone is 3. The number of phenolic OH excluding ortho intramolecular Hbond substituents is 1. The Kier molecular flexibility index (Phi) is 5.37. The summed E-state index contributed by atoms with van der Waals surface area (Å²) in [6.07, 6.45) is 9.91. The Morgan fingerprint density at radius 1 is 1.19 bits per heavy atom. The van der Waals surface area contributed by atoms with E-state index in [0.29, 0.717) is 23.9 Å². The molecule has 3 rings (SSSR count). The molecule has 1 aliphatic carbocycles. The van der Waals surface area contributed by atoms with Crippen molar-refractivity contribution in [2.24, 2.45) is 11.8 Å². The van der Waals surface area contributed by atoms with Crippen molar-refractivity contribution in [1.29, 1.82) is 0 Å². The number of fused-ring (bicyclic) bond motifs is 1. The number of carbonyl (C=O) groups is 1. The second-order valence-electron chi connectivity index (χ2n) is 5.71. The molecule has 0 saturated carbocycles. The van der Waals surface area contributed by atoms with Crippen LogP contribution in [0.4, 0.5) is 0 Å². The van der Waals surface area contributed by atoms with E-state index < -0.39 is 0 Å². The van der Waals surface area contributed by atoms with E-state index in [1.165, 1.54) is 4.90 Å². The predicted molar refractivity (Wildman–Crippen MR) is 77.9 cm³/mol. The number of likely N-dealkylation sites (tertiary alicyclic amines) is 1. The molecule has 3 atom stereocenters. The van der Waals surface area contributed by atoms with E-state index in [-0.39, 0.29) is 28.5 Å². The first-order chi connectivity index (χ1) is 9.74. The smallest absolute Gasteiger partial charge is 0.220 e. The van der Waals surface area contributed by atoms with Crippen molar-refractivity contribution in [1.82, 2.24) is 0 Å². The predicted octanol–water partition coefficient (Wildman–Crippen LogP) is -1.77. The molecule has 0 aromatic heterocycles. The number of aromatic hydroxyl groups is 1. The molecule has 0 spiro atoms. The zero-order valence-electron chi connectivity index (χ0n) is 11.8. The normalized spacial score (nSPS) is 26.8. The maximum Gasteiger partial charge on any atom is 0.220 e. The number of rotatable bonds is 3. The number of piperidine rings is 1. The van der Waals surface area contributed by atoms with Crippen molar-refractivity contribution < 1.29 is 31.8 Å². The summed E-state index contributed by atoms with van der Waals surface area (Å²) in [5.74, 6) is 1.32. The second kappa shape index (κ2) is 7.05. The molecule has 3 unspecified atom stereocenters. The number of carbonyl (C=O) groups excluding carboxylic acids is 1. The fraction of sp³-hybridized carbons (Fsp3) is 0.353. The number of para-hydroxylation sites is 1. The topological polar surface area (TPSA) is 41.7 Å². The minimum atomic E-state index is 0. The molecule has 1 aliphatic heterocycles. The van der Waals surface area contributed by atoms with Gasteiger partial charge in [0.1, 0.15) is 12.3 Å². The van der Waals surface area contributed by atoms with Gasteiger partial charge in [-0.15, -0.1) is 0 Å². The molecule has 2 aliphatic rings. The van der Waals surface area contributed by atoms with Gasteiger partial charge in [-0.25, -0.2) is 0 Å². The van der Waals surface area contributed by atoms with E-state index in [2.05, 4.69) is 24.3 Å². The molecule has 4 heteroatoms. The Balaban J connectivity index is 0.00000161. The third-order valence-corrected chi connectivity index (χ3v) is 4.35. The van der Waals surface area contributed by atoms with Gasteiger partial charge in [0.2, 0.25) is 5.78 Å². The van der Waals surface area contributed by atoms with Crippen LogP contribution in [0.1, 0.15) is 16.8 Å². The van der Waals surface area contributed by atoms with Crippen LogP contribution < -0.4 is 21.9 Å². The number of benzene rings is 1. The highest BCUT2D eigenvalue weighted by Crippen LogP contribution is 2.23. The summed E-state index contributed by atoms with van der Waals surface area (Å²) in [4.78, 5) is 13.6. The highest BCUT2D eigenvalue weighted by molar-refractivity contribution is 5.99. The van der Waals surface area contributed by atoms with Crippen LogP contribution in [0.25, 0.3) is 0 Å². The van der Waals surface area contributed by atoms with Crippen molar-refractivity contribution in [3.8, 4) is 5.75 Å². The number of halogens is 1. The van der Waals surface area contributed by atoms with Crippen LogP contribution in [0.5, 0.6) is 5.75 Å². The summed E-state index contributed by atoms with van der Waals surface area (Å²) < 4.78 is 0. The Bertz CT molecular complexity index is 568. The first-order valence-corrected chi connectivity index (χ1v) is 7.24. The Morgan fingerprint density at radius 3 is 2.67 bits per heavy atom. The van der Waals surface area contributed by atoms with E-state index in [4.69, 9.17) is 0 Å². The van der Waals surface area contributed by atoms with Gasteiger partial charge < -0.3 is 27.0 Å². The van der Waals surface area contributed by atoms with E-state index in [1.807, 2.05) is 0 Å². The summed E-state index contributed by atoms with van der Waals surface area (Å²) in [6.45, 7) is 2.50. The number of hydrogen-bond acceptors (Lipinski definition) is 2. The Labute approximate surface area is 135 Å². The zero-order chi connectivity index (χ0) is 13.9. The van der Waals surface area contributed by atoms with Crippen LogP contribution in [0.2, 0.25) is 0 Å². The monoisotopic (exact) mass is 349 g/mol. The molecule has 0 amide bonds. The number of Topliss-reactive ketones (excluding diaryl/α,β-unsaturated/α-hetero) is 1. The lowest BCUT2D eigenvalue weighted by atomic mass is 9.82. The Hall–Kier alpha value is -1.39. The van der Waals surface area contributed by atoms with Crippen LogP contribution in [0.3, 0.4) is 0 Å². The Morgan fingerprint density at radius 2 is 1.90 bits per heavy atom. The summed E-state index contributed by atoms with van der Waals surface area (Å²) in [7, 11) is 0. The standard InChI is InChI=1S/C17H19NO2.BrH/c19-16-8-4-3-7-15(16)17(20)12-18-10-9-13-5-1-2-6-14(13)11-18;/h1-8,13-14,19H,9-12H2;1H. The molecule has 0 bridgehead atoms. The summed E-state index contributed by atoms with van der Waals surface area (Å²) in [6, 6.07) is 6.81. The molecule has 3 nitrogen and oxygen atoms in total. The number of hydrogen-bond donors (Lipinski definition) is 2. The average molecular weight is 350 g/mol. The highest BCUT2D eigenvalue weighted by Gasteiger charge is 2.31. The largest absolute Gasteiger partial charge is 1.00 e. The molecular weight excluding hydrogens is 330 g/mol. The number of ketones is 1. The molecule has 1 aromatic rings. The van der Waals surface area contributed by atoms with Crippen molar-refractivity contribution in [2.75, 3.05) is 19.6 Å². The van der Waals surface area contributed by atoms with Gasteiger partial charge in [-0.3, -0.25) is 4.79 Å². The van der Waals surface area contributed by atoms with Gasteiger partial charge in [-0.05, 0) is 18.1 Å². The van der Waals surface area contributed by atoms with Crippen LogP contribution in [0.15, 0.2) is 48.6 Å². The lowest BCUT2D eigenvalue weighted by Gasteiger charge is -2.34. The highest BCUT2D eigenvalue weighted by atomic mass is 79.9. The van der Waals surface area contributed by atoms with Crippen LogP contribution in [-0.4, -0.2) is 30.5 Å². The fourth-order valence-electron chi connectivity index (χ4n) is 3.23. The van der Waals surface area contributed by atoms with Crippen molar-refractivity contribution >= 4 is 5.78 Å². The first kappa shape index (κ1) is 16.0. The lowest BCUT2D eigenvalue weighted by Crippen LogP contribution is -3.14. The van der Waals surface area contributed by atoms with Gasteiger partial charge in [0, 0.05) is 12.3 Å². The third-order valence-electron chi connectivity index (χ3n) is 4.35. The quantitative estimate of drug-likeness (QED) is 0.634. The maximum absolute atomic E-state index is 12.3. The SMILES string of the molecule is O=C(C[NH+]1CCC2C=CC=CC2C1)c1ccccc1O.[Br-]. The van der Waals surface area contributed by atoms with Crippen molar-refractivity contribution in [2.45, 2.75) is 6.42 Å². The van der Waals surface area contributed by atoms with E-state index in [1.54, 1.807) is 24.3 Å². The second-order valence-corrected chi connectivity index (χ2v) is 5.71. The fourth-order valence-corrected chi connectivity index (χ4v) is 3.23. The molecule has 2 N–H and O–H groups in total. The molecule has 1 heterocycles.